The highest BCUT2D eigenvalue weighted by atomic mass is 16.5. The van der Waals surface area contributed by atoms with Crippen molar-refractivity contribution < 1.29 is 9.53 Å². The van der Waals surface area contributed by atoms with Crippen molar-refractivity contribution in [2.24, 2.45) is 0 Å². The second-order valence-electron chi connectivity index (χ2n) is 6.06. The first-order chi connectivity index (χ1) is 12.5. The summed E-state index contributed by atoms with van der Waals surface area (Å²) in [5, 5.41) is 6.14. The predicted octanol–water partition coefficient (Wildman–Crippen LogP) is 4.70. The Bertz CT molecular complexity index is 904. The van der Waals surface area contributed by atoms with Crippen LogP contribution in [0.5, 0.6) is 5.75 Å². The molecule has 3 rings (SSSR count). The fourth-order valence-corrected chi connectivity index (χ4v) is 2.58. The number of pyridine rings is 1. The van der Waals surface area contributed by atoms with Crippen LogP contribution in [0, 0.1) is 13.8 Å². The average molecular weight is 347 g/mol. The molecule has 1 heterocycles. The number of aromatic nitrogens is 1. The van der Waals surface area contributed by atoms with Gasteiger partial charge in [0.2, 0.25) is 0 Å². The van der Waals surface area contributed by atoms with Crippen molar-refractivity contribution in [3.05, 3.63) is 77.6 Å². The number of nitrogens with one attached hydrogen (secondary N) is 2. The highest BCUT2D eigenvalue weighted by Crippen LogP contribution is 2.20. The molecule has 26 heavy (non-hydrogen) atoms. The second-order valence-corrected chi connectivity index (χ2v) is 6.06. The largest absolute Gasteiger partial charge is 0.497 e. The maximum absolute atomic E-state index is 12.4. The lowest BCUT2D eigenvalue weighted by Crippen LogP contribution is -2.14. The van der Waals surface area contributed by atoms with Gasteiger partial charge in [-0.15, -0.1) is 0 Å². The first-order valence-corrected chi connectivity index (χ1v) is 8.31. The van der Waals surface area contributed by atoms with Crippen molar-refractivity contribution in [1.29, 1.82) is 0 Å². The summed E-state index contributed by atoms with van der Waals surface area (Å²) in [7, 11) is 1.63. The van der Waals surface area contributed by atoms with E-state index >= 15 is 0 Å². The summed E-state index contributed by atoms with van der Waals surface area (Å²) in [5.74, 6) is 0.569. The Hall–Kier alpha value is -3.34. The number of methoxy groups -OCH3 is 1. The molecule has 5 heteroatoms. The van der Waals surface area contributed by atoms with E-state index in [9.17, 15) is 4.79 Å². The quantitative estimate of drug-likeness (QED) is 0.702. The van der Waals surface area contributed by atoms with Gasteiger partial charge in [-0.2, -0.15) is 0 Å². The summed E-state index contributed by atoms with van der Waals surface area (Å²) < 4.78 is 5.14. The van der Waals surface area contributed by atoms with Crippen LogP contribution in [0.3, 0.4) is 0 Å². The number of carbonyl (C=O) groups excluding carboxylic acids is 1. The van der Waals surface area contributed by atoms with Gasteiger partial charge in [-0.25, -0.2) is 4.98 Å². The van der Waals surface area contributed by atoms with Gasteiger partial charge in [0.05, 0.1) is 19.0 Å². The van der Waals surface area contributed by atoms with Gasteiger partial charge in [-0.05, 0) is 61.9 Å². The van der Waals surface area contributed by atoms with Crippen LogP contribution in [0.25, 0.3) is 0 Å². The van der Waals surface area contributed by atoms with Gasteiger partial charge in [0, 0.05) is 11.4 Å². The van der Waals surface area contributed by atoms with E-state index in [0.717, 1.165) is 33.9 Å². The van der Waals surface area contributed by atoms with E-state index in [-0.39, 0.29) is 5.91 Å². The van der Waals surface area contributed by atoms with E-state index < -0.39 is 0 Å². The molecule has 0 saturated carbocycles. The standard InChI is InChI=1S/C21H21N3O2/c1-14-4-10-19(15(2)12-14)24-21(25)20-11-7-17(13-22-20)23-16-5-8-18(26-3)9-6-16/h4-13,23H,1-3H3,(H,24,25). The zero-order chi connectivity index (χ0) is 18.5. The predicted molar refractivity (Wildman–Crippen MR) is 104 cm³/mol. The van der Waals surface area contributed by atoms with Crippen LogP contribution in [0.15, 0.2) is 60.8 Å². The number of ether oxygens (including phenoxy) is 1. The minimum Gasteiger partial charge on any atom is -0.497 e. The van der Waals surface area contributed by atoms with Gasteiger partial charge in [-0.3, -0.25) is 4.79 Å². The number of anilines is 3. The topological polar surface area (TPSA) is 63.2 Å². The third-order valence-corrected chi connectivity index (χ3v) is 4.00. The fraction of sp³-hybridized carbons (Fsp3) is 0.143. The number of hydrogen-bond acceptors (Lipinski definition) is 4. The molecule has 0 aliphatic heterocycles. The minimum atomic E-state index is -0.229. The van der Waals surface area contributed by atoms with Crippen molar-refractivity contribution in [3.8, 4) is 5.75 Å². The molecule has 0 unspecified atom stereocenters. The SMILES string of the molecule is COc1ccc(Nc2ccc(C(=O)Nc3ccc(C)cc3C)nc2)cc1. The van der Waals surface area contributed by atoms with E-state index in [1.807, 2.05) is 62.4 Å². The van der Waals surface area contributed by atoms with Gasteiger partial charge >= 0.3 is 0 Å². The first kappa shape index (κ1) is 17.5. The molecule has 1 aromatic heterocycles. The van der Waals surface area contributed by atoms with Crippen LogP contribution in [0.2, 0.25) is 0 Å². The summed E-state index contributed by atoms with van der Waals surface area (Å²) in [6.07, 6.45) is 1.64. The van der Waals surface area contributed by atoms with E-state index in [1.54, 1.807) is 19.4 Å². The van der Waals surface area contributed by atoms with Crippen molar-refractivity contribution in [3.63, 3.8) is 0 Å². The number of aryl methyl sites for hydroxylation is 2. The van der Waals surface area contributed by atoms with Crippen molar-refractivity contribution >= 4 is 23.0 Å². The highest BCUT2D eigenvalue weighted by molar-refractivity contribution is 6.03. The van der Waals surface area contributed by atoms with E-state index in [0.29, 0.717) is 5.69 Å². The third-order valence-electron chi connectivity index (χ3n) is 4.00. The van der Waals surface area contributed by atoms with E-state index in [2.05, 4.69) is 15.6 Å². The summed E-state index contributed by atoms with van der Waals surface area (Å²) >= 11 is 0. The molecule has 5 nitrogen and oxygen atoms in total. The van der Waals surface area contributed by atoms with Crippen LogP contribution in [0.1, 0.15) is 21.6 Å². The maximum atomic E-state index is 12.4. The number of nitrogens with zero attached hydrogens (tertiary/aromatic N) is 1. The Labute approximate surface area is 153 Å². The molecule has 0 fully saturated rings. The Morgan fingerprint density at radius 1 is 0.962 bits per heavy atom. The molecule has 3 aromatic rings. The summed E-state index contributed by atoms with van der Waals surface area (Å²) in [6.45, 7) is 3.99. The third kappa shape index (κ3) is 4.19. The van der Waals surface area contributed by atoms with Gasteiger partial charge in [0.1, 0.15) is 11.4 Å². The zero-order valence-corrected chi connectivity index (χ0v) is 15.0. The molecule has 0 aliphatic carbocycles. The van der Waals surface area contributed by atoms with Gasteiger partial charge < -0.3 is 15.4 Å². The zero-order valence-electron chi connectivity index (χ0n) is 15.0. The molecule has 0 spiro atoms. The van der Waals surface area contributed by atoms with Crippen LogP contribution >= 0.6 is 0 Å². The molecular formula is C21H21N3O2. The number of amides is 1. The van der Waals surface area contributed by atoms with Crippen molar-refractivity contribution in [2.75, 3.05) is 17.7 Å². The normalized spacial score (nSPS) is 10.3. The van der Waals surface area contributed by atoms with Gasteiger partial charge in [0.25, 0.3) is 5.91 Å². The fourth-order valence-electron chi connectivity index (χ4n) is 2.58. The Balaban J connectivity index is 1.67. The lowest BCUT2D eigenvalue weighted by atomic mass is 10.1. The van der Waals surface area contributed by atoms with Crippen molar-refractivity contribution in [2.45, 2.75) is 13.8 Å². The van der Waals surface area contributed by atoms with Gasteiger partial charge in [-0.1, -0.05) is 17.7 Å². The van der Waals surface area contributed by atoms with Crippen LogP contribution in [-0.4, -0.2) is 18.0 Å². The Morgan fingerprint density at radius 2 is 1.69 bits per heavy atom. The Kier molecular flexibility index (Phi) is 5.17. The summed E-state index contributed by atoms with van der Waals surface area (Å²) in [4.78, 5) is 16.6. The smallest absolute Gasteiger partial charge is 0.274 e. The molecule has 2 N–H and O–H groups in total. The lowest BCUT2D eigenvalue weighted by molar-refractivity contribution is 0.102. The average Bonchev–Trinajstić information content (AvgIpc) is 2.65. The number of carbonyl (C=O) groups is 1. The summed E-state index contributed by atoms with van der Waals surface area (Å²) in [5.41, 5.74) is 5.06. The highest BCUT2D eigenvalue weighted by Gasteiger charge is 2.09. The summed E-state index contributed by atoms with van der Waals surface area (Å²) in [6, 6.07) is 17.0. The van der Waals surface area contributed by atoms with Crippen molar-refractivity contribution in [1.82, 2.24) is 4.98 Å². The molecule has 2 aromatic carbocycles. The van der Waals surface area contributed by atoms with Crippen LogP contribution < -0.4 is 15.4 Å². The number of benzene rings is 2. The van der Waals surface area contributed by atoms with Gasteiger partial charge in [0.15, 0.2) is 0 Å². The van der Waals surface area contributed by atoms with Crippen LogP contribution in [0.4, 0.5) is 17.1 Å². The molecule has 0 bridgehead atoms. The second kappa shape index (κ2) is 7.70. The molecular weight excluding hydrogens is 326 g/mol. The monoisotopic (exact) mass is 347 g/mol. The molecule has 0 aliphatic rings. The molecule has 132 valence electrons. The molecule has 0 saturated heterocycles. The maximum Gasteiger partial charge on any atom is 0.274 e. The molecule has 0 atom stereocenters. The number of rotatable bonds is 5. The Morgan fingerprint density at radius 3 is 2.31 bits per heavy atom. The first-order valence-electron chi connectivity index (χ1n) is 8.31. The molecule has 1 amide bonds. The van der Waals surface area contributed by atoms with E-state index in [1.165, 1.54) is 0 Å². The van der Waals surface area contributed by atoms with E-state index in [4.69, 9.17) is 4.74 Å². The molecule has 0 radical (unpaired) electrons. The van der Waals surface area contributed by atoms with Crippen LogP contribution in [-0.2, 0) is 0 Å². The lowest BCUT2D eigenvalue weighted by Gasteiger charge is -2.10. The number of hydrogen-bond donors (Lipinski definition) is 2. The minimum absolute atomic E-state index is 0.229.